The van der Waals surface area contributed by atoms with Crippen LogP contribution in [0.2, 0.25) is 0 Å². The molecule has 0 fully saturated rings. The molecule has 0 heterocycles. The molecule has 2 heteroatoms. The van der Waals surface area contributed by atoms with E-state index in [2.05, 4.69) is 19.7 Å². The van der Waals surface area contributed by atoms with Crippen molar-refractivity contribution in [2.24, 2.45) is 5.41 Å². The smallest absolute Gasteiger partial charge is 0.310 e. The number of hydrogen-bond donors (Lipinski definition) is 1. The molecule has 0 bridgehead atoms. The predicted octanol–water partition coefficient (Wildman–Crippen LogP) is 2.79. The van der Waals surface area contributed by atoms with Crippen LogP contribution < -0.4 is 0 Å². The molecule has 0 saturated carbocycles. The number of carbonyl (C=O) groups is 1. The van der Waals surface area contributed by atoms with Crippen LogP contribution in [0.4, 0.5) is 0 Å². The molecule has 1 N–H and O–H groups in total. The molecule has 0 rings (SSSR count). The first-order valence-corrected chi connectivity index (χ1v) is 4.19. The second-order valence-electron chi connectivity index (χ2n) is 3.06. The van der Waals surface area contributed by atoms with Crippen molar-refractivity contribution in [3.8, 4) is 0 Å². The van der Waals surface area contributed by atoms with E-state index >= 15 is 0 Å². The monoisotopic (exact) mass is 180 g/mol. The summed E-state index contributed by atoms with van der Waals surface area (Å²) in [5.74, 6) is -0.813. The normalized spacial score (nSPS) is 10.5. The van der Waals surface area contributed by atoms with Crippen molar-refractivity contribution in [3.63, 3.8) is 0 Å². The third-order valence-corrected chi connectivity index (χ3v) is 2.06. The van der Waals surface area contributed by atoms with Crippen LogP contribution in [0, 0.1) is 5.41 Å². The van der Waals surface area contributed by atoms with E-state index in [0.29, 0.717) is 19.3 Å². The number of carboxylic acids is 1. The molecule has 13 heavy (non-hydrogen) atoms. The maximum absolute atomic E-state index is 11.0. The highest BCUT2D eigenvalue weighted by Gasteiger charge is 2.34. The van der Waals surface area contributed by atoms with Crippen molar-refractivity contribution in [1.82, 2.24) is 0 Å². The summed E-state index contributed by atoms with van der Waals surface area (Å²) in [6, 6.07) is 0. The third kappa shape index (κ3) is 2.90. The molecule has 0 atom stereocenters. The zero-order valence-corrected chi connectivity index (χ0v) is 7.83. The van der Waals surface area contributed by atoms with Gasteiger partial charge in [-0.25, -0.2) is 0 Å². The summed E-state index contributed by atoms with van der Waals surface area (Å²) in [4.78, 5) is 11.0. The van der Waals surface area contributed by atoms with Gasteiger partial charge in [-0.1, -0.05) is 18.2 Å². The maximum Gasteiger partial charge on any atom is 0.310 e. The first-order valence-electron chi connectivity index (χ1n) is 4.19. The Morgan fingerprint density at radius 3 is 1.54 bits per heavy atom. The molecule has 0 aliphatic heterocycles. The van der Waals surface area contributed by atoms with E-state index in [9.17, 15) is 4.79 Å². The quantitative estimate of drug-likeness (QED) is 0.612. The van der Waals surface area contributed by atoms with Crippen LogP contribution >= 0.6 is 0 Å². The average molecular weight is 180 g/mol. The second-order valence-corrected chi connectivity index (χ2v) is 3.06. The molecule has 0 radical (unpaired) electrons. The van der Waals surface area contributed by atoms with Gasteiger partial charge >= 0.3 is 5.97 Å². The van der Waals surface area contributed by atoms with Crippen LogP contribution in [0.3, 0.4) is 0 Å². The first kappa shape index (κ1) is 11.7. The highest BCUT2D eigenvalue weighted by Crippen LogP contribution is 2.32. The number of aliphatic carboxylic acids is 1. The Labute approximate surface area is 79.3 Å². The van der Waals surface area contributed by atoms with Crippen LogP contribution in [0.15, 0.2) is 38.0 Å². The van der Waals surface area contributed by atoms with Gasteiger partial charge in [0.2, 0.25) is 0 Å². The van der Waals surface area contributed by atoms with E-state index < -0.39 is 11.4 Å². The van der Waals surface area contributed by atoms with E-state index in [1.807, 2.05) is 0 Å². The van der Waals surface area contributed by atoms with Crippen molar-refractivity contribution in [1.29, 1.82) is 0 Å². The Balaban J connectivity index is 4.76. The number of hydrogen-bond acceptors (Lipinski definition) is 1. The topological polar surface area (TPSA) is 37.3 Å². The number of allylic oxidation sites excluding steroid dienone is 3. The van der Waals surface area contributed by atoms with Gasteiger partial charge in [-0.3, -0.25) is 4.79 Å². The lowest BCUT2D eigenvalue weighted by Gasteiger charge is -2.25. The van der Waals surface area contributed by atoms with Crippen LogP contribution in [0.1, 0.15) is 19.3 Å². The Morgan fingerprint density at radius 2 is 1.38 bits per heavy atom. The molecule has 0 aromatic heterocycles. The van der Waals surface area contributed by atoms with Gasteiger partial charge in [-0.15, -0.1) is 19.7 Å². The zero-order valence-electron chi connectivity index (χ0n) is 7.83. The fourth-order valence-corrected chi connectivity index (χ4v) is 1.34. The Morgan fingerprint density at radius 1 is 1.08 bits per heavy atom. The van der Waals surface area contributed by atoms with Gasteiger partial charge in [0.25, 0.3) is 0 Å². The number of carboxylic acid groups (broad SMARTS) is 1. The molecule has 0 aromatic carbocycles. The fraction of sp³-hybridized carbons (Fsp3) is 0.364. The minimum atomic E-state index is -0.813. The lowest BCUT2D eigenvalue weighted by atomic mass is 9.78. The molecule has 2 nitrogen and oxygen atoms in total. The van der Waals surface area contributed by atoms with E-state index in [1.54, 1.807) is 18.2 Å². The second kappa shape index (κ2) is 5.36. The van der Waals surface area contributed by atoms with Crippen LogP contribution in [0.5, 0.6) is 0 Å². The summed E-state index contributed by atoms with van der Waals surface area (Å²) in [5, 5.41) is 9.07. The Kier molecular flexibility index (Phi) is 4.82. The zero-order chi connectivity index (χ0) is 10.3. The lowest BCUT2D eigenvalue weighted by molar-refractivity contribution is -0.148. The summed E-state index contributed by atoms with van der Waals surface area (Å²) in [5.41, 5.74) is -0.786. The highest BCUT2D eigenvalue weighted by atomic mass is 16.4. The Hall–Kier alpha value is -1.31. The Bertz CT molecular complexity index is 190. The standard InChI is InChI=1S/C11H16O2/c1-4-7-11(8-5-2,9-6-3)10(12)13/h4-6H,1-3,7-9H2,(H,12,13). The molecule has 72 valence electrons. The lowest BCUT2D eigenvalue weighted by Crippen LogP contribution is -2.29. The third-order valence-electron chi connectivity index (χ3n) is 2.06. The van der Waals surface area contributed by atoms with Crippen molar-refractivity contribution in [3.05, 3.63) is 38.0 Å². The SMILES string of the molecule is C=CCC(CC=C)(CC=C)C(=O)O. The van der Waals surface area contributed by atoms with Crippen molar-refractivity contribution >= 4 is 5.97 Å². The molecule has 0 spiro atoms. The van der Waals surface area contributed by atoms with Gasteiger partial charge < -0.3 is 5.11 Å². The van der Waals surface area contributed by atoms with Crippen molar-refractivity contribution < 1.29 is 9.90 Å². The van der Waals surface area contributed by atoms with E-state index in [0.717, 1.165) is 0 Å². The minimum Gasteiger partial charge on any atom is -0.481 e. The summed E-state index contributed by atoms with van der Waals surface area (Å²) in [6.45, 7) is 10.7. The number of rotatable bonds is 7. The van der Waals surface area contributed by atoms with Gasteiger partial charge in [-0.05, 0) is 19.3 Å². The molecule has 0 saturated heterocycles. The molecule has 0 unspecified atom stereocenters. The summed E-state index contributed by atoms with van der Waals surface area (Å²) >= 11 is 0. The predicted molar refractivity (Wildman–Crippen MR) is 54.5 cm³/mol. The molecule has 0 aliphatic carbocycles. The van der Waals surface area contributed by atoms with Gasteiger partial charge in [0.15, 0.2) is 0 Å². The molecule has 0 amide bonds. The van der Waals surface area contributed by atoms with Crippen LogP contribution in [-0.4, -0.2) is 11.1 Å². The van der Waals surface area contributed by atoms with Gasteiger partial charge in [-0.2, -0.15) is 0 Å². The fourth-order valence-electron chi connectivity index (χ4n) is 1.34. The van der Waals surface area contributed by atoms with E-state index in [1.165, 1.54) is 0 Å². The van der Waals surface area contributed by atoms with E-state index in [4.69, 9.17) is 5.11 Å². The molecule has 0 aromatic rings. The van der Waals surface area contributed by atoms with Gasteiger partial charge in [0, 0.05) is 0 Å². The van der Waals surface area contributed by atoms with Gasteiger partial charge in [0.1, 0.15) is 0 Å². The molecular weight excluding hydrogens is 164 g/mol. The van der Waals surface area contributed by atoms with Gasteiger partial charge in [0.05, 0.1) is 5.41 Å². The summed E-state index contributed by atoms with van der Waals surface area (Å²) in [7, 11) is 0. The average Bonchev–Trinajstić information content (AvgIpc) is 2.05. The molecular formula is C11H16O2. The van der Waals surface area contributed by atoms with Crippen LogP contribution in [0.25, 0.3) is 0 Å². The maximum atomic E-state index is 11.0. The highest BCUT2D eigenvalue weighted by molar-refractivity contribution is 5.75. The summed E-state index contributed by atoms with van der Waals surface area (Å²) in [6.07, 6.45) is 6.21. The summed E-state index contributed by atoms with van der Waals surface area (Å²) < 4.78 is 0. The minimum absolute atomic E-state index is 0.445. The van der Waals surface area contributed by atoms with Crippen molar-refractivity contribution in [2.45, 2.75) is 19.3 Å². The van der Waals surface area contributed by atoms with Crippen molar-refractivity contribution in [2.75, 3.05) is 0 Å². The largest absolute Gasteiger partial charge is 0.481 e. The molecule has 0 aliphatic rings. The van der Waals surface area contributed by atoms with E-state index in [-0.39, 0.29) is 0 Å². The first-order chi connectivity index (χ1) is 6.13. The van der Waals surface area contributed by atoms with Crippen LogP contribution in [-0.2, 0) is 4.79 Å².